The van der Waals surface area contributed by atoms with Crippen molar-refractivity contribution in [3.05, 3.63) is 68.8 Å². The topological polar surface area (TPSA) is 84.9 Å². The molecule has 7 nitrogen and oxygen atoms in total. The maximum atomic E-state index is 13.8. The van der Waals surface area contributed by atoms with E-state index >= 15 is 0 Å². The summed E-state index contributed by atoms with van der Waals surface area (Å²) in [6, 6.07) is 10.4. The quantitative estimate of drug-likeness (QED) is 0.272. The number of hydrogen-bond donors (Lipinski definition) is 3. The molecule has 1 aliphatic heterocycles. The highest BCUT2D eigenvalue weighted by molar-refractivity contribution is 14.1. The highest BCUT2D eigenvalue weighted by Gasteiger charge is 2.32. The van der Waals surface area contributed by atoms with Gasteiger partial charge in [0.2, 0.25) is 11.8 Å². The zero-order valence-corrected chi connectivity index (χ0v) is 24.8. The molecule has 1 aliphatic rings. The number of nitrogens with zero attached hydrogens (tertiary/aromatic N) is 2. The Morgan fingerprint density at radius 2 is 1.90 bits per heavy atom. The van der Waals surface area contributed by atoms with Gasteiger partial charge in [-0.1, -0.05) is 32.4 Å². The van der Waals surface area contributed by atoms with E-state index in [-0.39, 0.29) is 43.9 Å². The van der Waals surface area contributed by atoms with Gasteiger partial charge in [-0.15, -0.1) is 0 Å². The van der Waals surface area contributed by atoms with E-state index in [1.807, 2.05) is 41.0 Å². The van der Waals surface area contributed by atoms with Crippen molar-refractivity contribution < 1.29 is 23.5 Å². The maximum absolute atomic E-state index is 13.8. The Morgan fingerprint density at radius 1 is 1.15 bits per heavy atom. The summed E-state index contributed by atoms with van der Waals surface area (Å²) in [6.07, 6.45) is 1.78. The van der Waals surface area contributed by atoms with E-state index in [1.165, 1.54) is 12.1 Å². The van der Waals surface area contributed by atoms with Gasteiger partial charge in [-0.05, 0) is 77.2 Å². The van der Waals surface area contributed by atoms with Gasteiger partial charge < -0.3 is 20.6 Å². The van der Waals surface area contributed by atoms with E-state index in [0.717, 1.165) is 41.0 Å². The standard InChI is InChI=1S/C29H39F2IN4O3/c1-3-5-9-36-25(4-2)17-35(19-29(36)39)18-28(38)34-26(13-21-10-22(30)14-23(31)11-21)27(37)16-33-15-20-7-6-8-24(32)12-20/h6-8,10-12,14,25-27,33,37H,3-5,9,13,15-19H2,1-2H3,(H,34,38)/t25-,26-,27+/m0/s1. The van der Waals surface area contributed by atoms with Gasteiger partial charge in [-0.25, -0.2) is 8.78 Å². The van der Waals surface area contributed by atoms with Crippen LogP contribution in [-0.2, 0) is 22.6 Å². The molecule has 3 atom stereocenters. The highest BCUT2D eigenvalue weighted by Crippen LogP contribution is 2.16. The van der Waals surface area contributed by atoms with E-state index in [4.69, 9.17) is 0 Å². The zero-order valence-electron chi connectivity index (χ0n) is 22.6. The molecular weight excluding hydrogens is 617 g/mol. The molecule has 2 amide bonds. The van der Waals surface area contributed by atoms with Gasteiger partial charge in [0.1, 0.15) is 11.6 Å². The van der Waals surface area contributed by atoms with Crippen LogP contribution in [0.25, 0.3) is 0 Å². The number of hydrogen-bond acceptors (Lipinski definition) is 5. The lowest BCUT2D eigenvalue weighted by molar-refractivity contribution is -0.141. The van der Waals surface area contributed by atoms with Gasteiger partial charge in [0, 0.05) is 41.9 Å². The summed E-state index contributed by atoms with van der Waals surface area (Å²) in [5, 5.41) is 17.1. The Kier molecular flexibility index (Phi) is 12.5. The van der Waals surface area contributed by atoms with Gasteiger partial charge >= 0.3 is 0 Å². The molecule has 214 valence electrons. The predicted molar refractivity (Wildman–Crippen MR) is 156 cm³/mol. The van der Waals surface area contributed by atoms with Crippen molar-refractivity contribution >= 4 is 34.4 Å². The molecule has 39 heavy (non-hydrogen) atoms. The van der Waals surface area contributed by atoms with E-state index in [0.29, 0.717) is 18.7 Å². The van der Waals surface area contributed by atoms with Gasteiger partial charge in [0.25, 0.3) is 0 Å². The number of amides is 2. The second-order valence-electron chi connectivity index (χ2n) is 10.2. The minimum atomic E-state index is -1.01. The van der Waals surface area contributed by atoms with Crippen LogP contribution in [0, 0.1) is 15.2 Å². The number of piperazine rings is 1. The monoisotopic (exact) mass is 656 g/mol. The number of unbranched alkanes of at least 4 members (excludes halogenated alkanes) is 1. The number of carbonyl (C=O) groups is 2. The molecule has 3 rings (SSSR count). The Hall–Kier alpha value is -2.15. The van der Waals surface area contributed by atoms with Crippen molar-refractivity contribution in [3.8, 4) is 0 Å². The molecule has 10 heteroatoms. The summed E-state index contributed by atoms with van der Waals surface area (Å²) in [6.45, 7) is 6.29. The van der Waals surface area contributed by atoms with Crippen LogP contribution in [0.2, 0.25) is 0 Å². The molecule has 0 aromatic heterocycles. The number of carbonyl (C=O) groups excluding carboxylic acids is 2. The minimum Gasteiger partial charge on any atom is -0.390 e. The maximum Gasteiger partial charge on any atom is 0.237 e. The lowest BCUT2D eigenvalue weighted by Gasteiger charge is -2.40. The fourth-order valence-electron chi connectivity index (χ4n) is 4.93. The lowest BCUT2D eigenvalue weighted by Crippen LogP contribution is -2.58. The van der Waals surface area contributed by atoms with E-state index in [9.17, 15) is 23.5 Å². The van der Waals surface area contributed by atoms with Crippen LogP contribution in [0.5, 0.6) is 0 Å². The first-order chi connectivity index (χ1) is 18.7. The number of aliphatic hydroxyl groups excluding tert-OH is 1. The second kappa shape index (κ2) is 15.6. The summed E-state index contributed by atoms with van der Waals surface area (Å²) in [5.74, 6) is -1.77. The fourth-order valence-corrected chi connectivity index (χ4v) is 5.54. The Morgan fingerprint density at radius 3 is 2.56 bits per heavy atom. The predicted octanol–water partition coefficient (Wildman–Crippen LogP) is 3.47. The van der Waals surface area contributed by atoms with E-state index in [2.05, 4.69) is 40.1 Å². The average Bonchev–Trinajstić information content (AvgIpc) is 2.86. The third kappa shape index (κ3) is 10.1. The summed E-state index contributed by atoms with van der Waals surface area (Å²) in [4.78, 5) is 29.6. The largest absolute Gasteiger partial charge is 0.390 e. The van der Waals surface area contributed by atoms with Crippen LogP contribution in [-0.4, -0.2) is 77.6 Å². The molecule has 2 aromatic carbocycles. The Labute approximate surface area is 243 Å². The Bertz CT molecular complexity index is 1090. The molecule has 1 fully saturated rings. The van der Waals surface area contributed by atoms with Crippen LogP contribution < -0.4 is 10.6 Å². The number of rotatable bonds is 14. The van der Waals surface area contributed by atoms with Crippen molar-refractivity contribution in [3.63, 3.8) is 0 Å². The van der Waals surface area contributed by atoms with Crippen molar-refractivity contribution in [1.82, 2.24) is 20.4 Å². The number of benzene rings is 2. The molecule has 0 saturated carbocycles. The molecule has 1 heterocycles. The third-order valence-corrected chi connectivity index (χ3v) is 7.61. The van der Waals surface area contributed by atoms with Crippen molar-refractivity contribution in [2.24, 2.45) is 0 Å². The molecule has 0 spiro atoms. The van der Waals surface area contributed by atoms with Gasteiger partial charge in [-0.3, -0.25) is 14.5 Å². The summed E-state index contributed by atoms with van der Waals surface area (Å²) < 4.78 is 28.8. The molecule has 1 saturated heterocycles. The first kappa shape index (κ1) is 31.4. The van der Waals surface area contributed by atoms with Gasteiger partial charge in [0.05, 0.1) is 25.2 Å². The minimum absolute atomic E-state index is 0.000467. The molecule has 0 radical (unpaired) electrons. The van der Waals surface area contributed by atoms with Crippen molar-refractivity contribution in [2.45, 2.75) is 64.3 Å². The normalized spacial score (nSPS) is 17.7. The van der Waals surface area contributed by atoms with Crippen LogP contribution in [0.1, 0.15) is 44.2 Å². The van der Waals surface area contributed by atoms with Crippen molar-refractivity contribution in [1.29, 1.82) is 0 Å². The second-order valence-corrected chi connectivity index (χ2v) is 11.4. The summed E-state index contributed by atoms with van der Waals surface area (Å²) in [7, 11) is 0. The van der Waals surface area contributed by atoms with Crippen LogP contribution in [0.3, 0.4) is 0 Å². The van der Waals surface area contributed by atoms with E-state index in [1.54, 1.807) is 0 Å². The number of nitrogens with one attached hydrogen (secondary N) is 2. The number of aliphatic hydroxyl groups is 1. The third-order valence-electron chi connectivity index (χ3n) is 6.94. The first-order valence-corrected chi connectivity index (χ1v) is 14.7. The van der Waals surface area contributed by atoms with E-state index < -0.39 is 23.8 Å². The molecule has 0 bridgehead atoms. The smallest absolute Gasteiger partial charge is 0.237 e. The first-order valence-electron chi connectivity index (χ1n) is 13.6. The zero-order chi connectivity index (χ0) is 28.4. The molecular formula is C29H39F2IN4O3. The van der Waals surface area contributed by atoms with Gasteiger partial charge in [0.15, 0.2) is 0 Å². The van der Waals surface area contributed by atoms with Crippen LogP contribution in [0.15, 0.2) is 42.5 Å². The summed E-state index contributed by atoms with van der Waals surface area (Å²) >= 11 is 2.23. The SMILES string of the molecule is CCCCN1C(=O)CN(CC(=O)N[C@@H](Cc2cc(F)cc(F)c2)[C@H](O)CNCc2cccc(I)c2)C[C@@H]1CC. The number of halogens is 3. The average molecular weight is 657 g/mol. The summed E-state index contributed by atoms with van der Waals surface area (Å²) in [5.41, 5.74) is 1.38. The van der Waals surface area contributed by atoms with Crippen LogP contribution in [0.4, 0.5) is 8.78 Å². The molecule has 0 unspecified atom stereocenters. The molecule has 2 aromatic rings. The van der Waals surface area contributed by atoms with Gasteiger partial charge in [-0.2, -0.15) is 0 Å². The molecule has 0 aliphatic carbocycles. The Balaban J connectivity index is 1.64. The fraction of sp³-hybridized carbons (Fsp3) is 0.517. The molecule has 3 N–H and O–H groups in total. The highest BCUT2D eigenvalue weighted by atomic mass is 127. The lowest BCUT2D eigenvalue weighted by atomic mass is 10.0. The van der Waals surface area contributed by atoms with Crippen LogP contribution >= 0.6 is 22.6 Å². The van der Waals surface area contributed by atoms with Crippen molar-refractivity contribution in [2.75, 3.05) is 32.7 Å².